The molecule has 0 aromatic carbocycles. The summed E-state index contributed by atoms with van der Waals surface area (Å²) in [6, 6.07) is 0. The van der Waals surface area contributed by atoms with Crippen molar-refractivity contribution >= 4 is 11.3 Å². The summed E-state index contributed by atoms with van der Waals surface area (Å²) in [6.07, 6.45) is 3.25. The van der Waals surface area contributed by atoms with Crippen LogP contribution < -0.4 is 5.73 Å². The third kappa shape index (κ3) is 1.19. The van der Waals surface area contributed by atoms with Gasteiger partial charge in [-0.3, -0.25) is 0 Å². The first-order chi connectivity index (χ1) is 5.24. The van der Waals surface area contributed by atoms with Gasteiger partial charge < -0.3 is 5.73 Å². The third-order valence-corrected chi connectivity index (χ3v) is 3.24. The van der Waals surface area contributed by atoms with Crippen LogP contribution in [0.15, 0.2) is 5.38 Å². The van der Waals surface area contributed by atoms with Gasteiger partial charge in [0.1, 0.15) is 5.01 Å². The molecule has 0 atom stereocenters. The topological polar surface area (TPSA) is 38.9 Å². The van der Waals surface area contributed by atoms with Gasteiger partial charge in [0, 0.05) is 5.38 Å². The highest BCUT2D eigenvalue weighted by Gasteiger charge is 2.42. The molecule has 11 heavy (non-hydrogen) atoms. The minimum absolute atomic E-state index is 0.0297. The molecule has 2 rings (SSSR count). The zero-order chi connectivity index (χ0) is 7.90. The number of aryl methyl sites for hydroxylation is 1. The first-order valence-electron chi connectivity index (χ1n) is 3.98. The molecule has 0 bridgehead atoms. The van der Waals surface area contributed by atoms with Crippen LogP contribution in [0.3, 0.4) is 0 Å². The second kappa shape index (κ2) is 2.29. The Morgan fingerprint density at radius 2 is 2.45 bits per heavy atom. The van der Waals surface area contributed by atoms with Crippen LogP contribution in [-0.2, 0) is 12.0 Å². The van der Waals surface area contributed by atoms with Gasteiger partial charge in [-0.25, -0.2) is 4.98 Å². The van der Waals surface area contributed by atoms with Crippen molar-refractivity contribution in [3.05, 3.63) is 16.1 Å². The molecule has 0 radical (unpaired) electrons. The highest BCUT2D eigenvalue weighted by atomic mass is 32.1. The van der Waals surface area contributed by atoms with Gasteiger partial charge >= 0.3 is 0 Å². The van der Waals surface area contributed by atoms with Gasteiger partial charge in [0.2, 0.25) is 0 Å². The maximum absolute atomic E-state index is 5.98. The van der Waals surface area contributed by atoms with Gasteiger partial charge in [-0.05, 0) is 19.3 Å². The third-order valence-electron chi connectivity index (χ3n) is 2.13. The fraction of sp³-hybridized carbons (Fsp3) is 0.625. The van der Waals surface area contributed by atoms with Gasteiger partial charge in [-0.1, -0.05) is 6.92 Å². The molecule has 2 N–H and O–H groups in total. The maximum atomic E-state index is 5.98. The van der Waals surface area contributed by atoms with Crippen molar-refractivity contribution in [3.63, 3.8) is 0 Å². The van der Waals surface area contributed by atoms with Crippen molar-refractivity contribution in [1.82, 2.24) is 4.98 Å². The Bertz CT molecular complexity index is 263. The monoisotopic (exact) mass is 168 g/mol. The molecule has 0 aliphatic heterocycles. The van der Waals surface area contributed by atoms with Crippen LogP contribution in [0.5, 0.6) is 0 Å². The van der Waals surface area contributed by atoms with E-state index in [9.17, 15) is 0 Å². The van der Waals surface area contributed by atoms with Crippen LogP contribution in [-0.4, -0.2) is 4.98 Å². The van der Waals surface area contributed by atoms with Crippen molar-refractivity contribution in [3.8, 4) is 0 Å². The summed E-state index contributed by atoms with van der Waals surface area (Å²) < 4.78 is 0. The summed E-state index contributed by atoms with van der Waals surface area (Å²) in [5.41, 5.74) is 7.14. The average Bonchev–Trinajstić information content (AvgIpc) is 2.61. The molecule has 0 spiro atoms. The lowest BCUT2D eigenvalue weighted by molar-refractivity contribution is 0.725. The molecule has 2 nitrogen and oxygen atoms in total. The highest BCUT2D eigenvalue weighted by molar-refractivity contribution is 7.09. The average molecular weight is 168 g/mol. The van der Waals surface area contributed by atoms with Gasteiger partial charge in [0.05, 0.1) is 11.2 Å². The van der Waals surface area contributed by atoms with Crippen LogP contribution in [0.2, 0.25) is 0 Å². The quantitative estimate of drug-likeness (QED) is 0.729. The Labute approximate surface area is 70.5 Å². The van der Waals surface area contributed by atoms with Gasteiger partial charge in [-0.2, -0.15) is 0 Å². The van der Waals surface area contributed by atoms with E-state index in [1.165, 1.54) is 5.69 Å². The standard InChI is InChI=1S/C8H12N2S/c1-2-6-5-11-7(10-6)8(9)3-4-8/h5H,2-4,9H2,1H3. The van der Waals surface area contributed by atoms with Crippen LogP contribution in [0.4, 0.5) is 0 Å². The summed E-state index contributed by atoms with van der Waals surface area (Å²) in [7, 11) is 0. The molecule has 1 saturated carbocycles. The van der Waals surface area contributed by atoms with Crippen molar-refractivity contribution in [2.24, 2.45) is 5.73 Å². The molecule has 0 amide bonds. The first-order valence-corrected chi connectivity index (χ1v) is 4.86. The molecule has 60 valence electrons. The van der Waals surface area contributed by atoms with Crippen LogP contribution >= 0.6 is 11.3 Å². The predicted octanol–water partition coefficient (Wildman–Crippen LogP) is 1.65. The van der Waals surface area contributed by atoms with E-state index in [1.807, 2.05) is 0 Å². The van der Waals surface area contributed by atoms with E-state index in [1.54, 1.807) is 11.3 Å². The molecule has 0 unspecified atom stereocenters. The smallest absolute Gasteiger partial charge is 0.113 e. The van der Waals surface area contributed by atoms with Crippen molar-refractivity contribution in [2.45, 2.75) is 31.7 Å². The molecule has 1 aromatic heterocycles. The van der Waals surface area contributed by atoms with E-state index in [0.29, 0.717) is 0 Å². The van der Waals surface area contributed by atoms with Crippen molar-refractivity contribution in [2.75, 3.05) is 0 Å². The van der Waals surface area contributed by atoms with Crippen LogP contribution in [0.1, 0.15) is 30.5 Å². The van der Waals surface area contributed by atoms with Crippen LogP contribution in [0, 0.1) is 0 Å². The fourth-order valence-electron chi connectivity index (χ4n) is 1.05. The van der Waals surface area contributed by atoms with E-state index >= 15 is 0 Å². The summed E-state index contributed by atoms with van der Waals surface area (Å²) in [5.74, 6) is 0. The second-order valence-corrected chi connectivity index (χ2v) is 4.01. The number of nitrogens with zero attached hydrogens (tertiary/aromatic N) is 1. The number of hydrogen-bond acceptors (Lipinski definition) is 3. The Hall–Kier alpha value is -0.410. The van der Waals surface area contributed by atoms with E-state index in [-0.39, 0.29) is 5.54 Å². The van der Waals surface area contributed by atoms with Crippen LogP contribution in [0.25, 0.3) is 0 Å². The Morgan fingerprint density at radius 3 is 2.91 bits per heavy atom. The zero-order valence-electron chi connectivity index (χ0n) is 6.63. The number of hydrogen-bond donors (Lipinski definition) is 1. The van der Waals surface area contributed by atoms with Gasteiger partial charge in [0.25, 0.3) is 0 Å². The van der Waals surface area contributed by atoms with Gasteiger partial charge in [-0.15, -0.1) is 11.3 Å². The number of rotatable bonds is 2. The van der Waals surface area contributed by atoms with E-state index < -0.39 is 0 Å². The molecule has 0 saturated heterocycles. The summed E-state index contributed by atoms with van der Waals surface area (Å²) in [4.78, 5) is 4.46. The van der Waals surface area contributed by atoms with Crippen molar-refractivity contribution in [1.29, 1.82) is 0 Å². The molecule has 1 aromatic rings. The molecular formula is C8H12N2S. The van der Waals surface area contributed by atoms with E-state index in [2.05, 4.69) is 17.3 Å². The second-order valence-electron chi connectivity index (χ2n) is 3.15. The lowest BCUT2D eigenvalue weighted by atomic mass is 10.3. The van der Waals surface area contributed by atoms with E-state index in [4.69, 9.17) is 5.73 Å². The molecule has 1 heterocycles. The summed E-state index contributed by atoms with van der Waals surface area (Å²) >= 11 is 1.71. The predicted molar refractivity (Wildman–Crippen MR) is 46.6 cm³/mol. The summed E-state index contributed by atoms with van der Waals surface area (Å²) in [6.45, 7) is 2.12. The zero-order valence-corrected chi connectivity index (χ0v) is 7.45. The molecule has 3 heteroatoms. The van der Waals surface area contributed by atoms with Gasteiger partial charge in [0.15, 0.2) is 0 Å². The summed E-state index contributed by atoms with van der Waals surface area (Å²) in [5, 5.41) is 3.25. The number of aromatic nitrogens is 1. The lowest BCUT2D eigenvalue weighted by Gasteiger charge is -2.00. The maximum Gasteiger partial charge on any atom is 0.113 e. The highest BCUT2D eigenvalue weighted by Crippen LogP contribution is 2.43. The Kier molecular flexibility index (Phi) is 1.51. The lowest BCUT2D eigenvalue weighted by Crippen LogP contribution is -2.18. The largest absolute Gasteiger partial charge is 0.319 e. The number of thiazole rings is 1. The fourth-order valence-corrected chi connectivity index (χ4v) is 2.12. The molecule has 1 aliphatic carbocycles. The first kappa shape index (κ1) is 7.25. The minimum Gasteiger partial charge on any atom is -0.319 e. The Morgan fingerprint density at radius 1 is 1.73 bits per heavy atom. The molecular weight excluding hydrogens is 156 g/mol. The Balaban J connectivity index is 2.25. The SMILES string of the molecule is CCc1csc(C2(N)CC2)n1. The normalized spacial score (nSPS) is 20.2. The molecule has 1 aliphatic rings. The van der Waals surface area contributed by atoms with E-state index in [0.717, 1.165) is 24.3 Å². The molecule has 1 fully saturated rings. The number of nitrogens with two attached hydrogens (primary N) is 1. The van der Waals surface area contributed by atoms with Crippen molar-refractivity contribution < 1.29 is 0 Å². The minimum atomic E-state index is -0.0297.